The van der Waals surface area contributed by atoms with Gasteiger partial charge in [-0.15, -0.1) is 12.4 Å². The maximum atomic E-state index is 13.4. The van der Waals surface area contributed by atoms with Gasteiger partial charge in [-0.25, -0.2) is 0 Å². The summed E-state index contributed by atoms with van der Waals surface area (Å²) in [5, 5.41) is 6.38. The van der Waals surface area contributed by atoms with Gasteiger partial charge in [0.05, 0.1) is 19.7 Å². The van der Waals surface area contributed by atoms with E-state index in [0.717, 1.165) is 16.8 Å². The number of nitrogens with zero attached hydrogens (tertiary/aromatic N) is 1. The normalized spacial score (nSPS) is 16.7. The number of carbonyl (C=O) groups is 2. The number of methoxy groups -OCH3 is 1. The van der Waals surface area contributed by atoms with E-state index >= 15 is 0 Å². The first-order valence-corrected chi connectivity index (χ1v) is 10.0. The molecule has 8 heteroatoms. The molecule has 0 bridgehead atoms. The molecule has 2 amide bonds. The van der Waals surface area contributed by atoms with Crippen LogP contribution in [0.15, 0.2) is 42.5 Å². The van der Waals surface area contributed by atoms with Crippen molar-refractivity contribution < 1.29 is 14.3 Å². The van der Waals surface area contributed by atoms with Crippen LogP contribution in [0, 0.1) is 0 Å². The number of carbonyl (C=O) groups excluding carboxylic acids is 2. The molecule has 2 aromatic carbocycles. The fraction of sp³-hybridized carbons (Fsp3) is 0.364. The number of aryl methyl sites for hydroxylation is 1. The summed E-state index contributed by atoms with van der Waals surface area (Å²) in [6, 6.07) is 12.2. The van der Waals surface area contributed by atoms with Crippen LogP contribution in [-0.2, 0) is 22.6 Å². The summed E-state index contributed by atoms with van der Waals surface area (Å²) in [5.41, 5.74) is 2.77. The van der Waals surface area contributed by atoms with Crippen LogP contribution in [0.3, 0.4) is 0 Å². The Hall–Kier alpha value is -2.28. The van der Waals surface area contributed by atoms with Gasteiger partial charge in [-0.05, 0) is 50.6 Å². The fourth-order valence-electron chi connectivity index (χ4n) is 3.46. The predicted molar refractivity (Wildman–Crippen MR) is 122 cm³/mol. The molecular formula is C22H27Cl2N3O3. The van der Waals surface area contributed by atoms with Crippen molar-refractivity contribution >= 4 is 41.5 Å². The Kier molecular flexibility index (Phi) is 8.53. The second kappa shape index (κ2) is 10.7. The molecule has 0 unspecified atom stereocenters. The highest BCUT2D eigenvalue weighted by Gasteiger charge is 2.32. The summed E-state index contributed by atoms with van der Waals surface area (Å²) in [6.07, 6.45) is 1.25. The number of halogens is 2. The van der Waals surface area contributed by atoms with E-state index in [1.54, 1.807) is 38.1 Å². The van der Waals surface area contributed by atoms with Gasteiger partial charge in [-0.2, -0.15) is 0 Å². The van der Waals surface area contributed by atoms with Gasteiger partial charge in [0.15, 0.2) is 0 Å². The van der Waals surface area contributed by atoms with Gasteiger partial charge in [-0.3, -0.25) is 9.59 Å². The van der Waals surface area contributed by atoms with E-state index in [2.05, 4.69) is 10.6 Å². The summed E-state index contributed by atoms with van der Waals surface area (Å²) in [7, 11) is 3.30. The number of likely N-dealkylation sites (N-methyl/N-ethyl adjacent to an activating group) is 1. The van der Waals surface area contributed by atoms with E-state index in [-0.39, 0.29) is 30.3 Å². The first-order valence-electron chi connectivity index (χ1n) is 9.64. The van der Waals surface area contributed by atoms with Crippen LogP contribution in [0.5, 0.6) is 5.75 Å². The number of rotatable bonds is 6. The maximum absolute atomic E-state index is 13.4. The van der Waals surface area contributed by atoms with Gasteiger partial charge in [0.1, 0.15) is 11.8 Å². The zero-order chi connectivity index (χ0) is 21.0. The molecule has 0 radical (unpaired) electrons. The molecule has 6 nitrogen and oxygen atoms in total. The lowest BCUT2D eigenvalue weighted by atomic mass is 10.1. The van der Waals surface area contributed by atoms with E-state index in [9.17, 15) is 9.59 Å². The van der Waals surface area contributed by atoms with Gasteiger partial charge in [0, 0.05) is 16.3 Å². The van der Waals surface area contributed by atoms with Crippen molar-refractivity contribution in [1.29, 1.82) is 0 Å². The van der Waals surface area contributed by atoms with Crippen molar-refractivity contribution in [3.05, 3.63) is 58.6 Å². The van der Waals surface area contributed by atoms with E-state index in [4.69, 9.17) is 16.3 Å². The average molecular weight is 452 g/mol. The Morgan fingerprint density at radius 3 is 2.73 bits per heavy atom. The smallest absolute Gasteiger partial charge is 0.249 e. The number of para-hydroxylation sites is 1. The van der Waals surface area contributed by atoms with Crippen molar-refractivity contribution in [2.45, 2.75) is 38.4 Å². The van der Waals surface area contributed by atoms with Crippen LogP contribution in [0.4, 0.5) is 5.69 Å². The molecule has 0 fully saturated rings. The van der Waals surface area contributed by atoms with Crippen molar-refractivity contribution in [2.75, 3.05) is 19.1 Å². The third-order valence-electron chi connectivity index (χ3n) is 5.27. The zero-order valence-corrected chi connectivity index (χ0v) is 18.8. The van der Waals surface area contributed by atoms with Gasteiger partial charge >= 0.3 is 0 Å². The minimum Gasteiger partial charge on any atom is -0.496 e. The number of fused-ring (bicyclic) bond motifs is 1. The minimum atomic E-state index is -0.594. The number of hydrogen-bond acceptors (Lipinski definition) is 4. The monoisotopic (exact) mass is 451 g/mol. The van der Waals surface area contributed by atoms with Crippen LogP contribution >= 0.6 is 24.0 Å². The molecule has 1 heterocycles. The zero-order valence-electron chi connectivity index (χ0n) is 17.3. The maximum Gasteiger partial charge on any atom is 0.249 e. The van der Waals surface area contributed by atoms with Crippen LogP contribution in [0.25, 0.3) is 0 Å². The van der Waals surface area contributed by atoms with Crippen LogP contribution in [0.2, 0.25) is 5.02 Å². The van der Waals surface area contributed by atoms with E-state index in [1.807, 2.05) is 30.3 Å². The lowest BCUT2D eigenvalue weighted by Crippen LogP contribution is -2.52. The standard InChI is InChI=1S/C22H26ClN3O3.ClH/c1-14(24-2)21(27)25-18-11-9-15-6-4-5-7-19(15)26(22(18)28)13-16-8-10-17(23)12-20(16)29-3;/h4-8,10,12,14,18,24H,9,11,13H2,1-3H3,(H,25,27);1H/t14-,18-;/m0./s1. The number of nitrogens with one attached hydrogen (secondary N) is 2. The molecule has 0 saturated heterocycles. The molecule has 2 atom stereocenters. The molecule has 2 aromatic rings. The summed E-state index contributed by atoms with van der Waals surface area (Å²) in [5.74, 6) is 0.292. The van der Waals surface area contributed by atoms with Crippen LogP contribution in [0.1, 0.15) is 24.5 Å². The van der Waals surface area contributed by atoms with Crippen LogP contribution in [-0.4, -0.2) is 38.1 Å². The van der Waals surface area contributed by atoms with Crippen molar-refractivity contribution in [2.24, 2.45) is 0 Å². The predicted octanol–water partition coefficient (Wildman–Crippen LogP) is 3.34. The quantitative estimate of drug-likeness (QED) is 0.706. The summed E-state index contributed by atoms with van der Waals surface area (Å²) < 4.78 is 5.46. The highest BCUT2D eigenvalue weighted by atomic mass is 35.5. The lowest BCUT2D eigenvalue weighted by molar-refractivity contribution is -0.128. The van der Waals surface area contributed by atoms with Gasteiger partial charge < -0.3 is 20.3 Å². The Bertz CT molecular complexity index is 907. The Morgan fingerprint density at radius 2 is 2.03 bits per heavy atom. The molecule has 30 heavy (non-hydrogen) atoms. The highest BCUT2D eigenvalue weighted by Crippen LogP contribution is 2.31. The molecule has 0 aliphatic carbocycles. The molecule has 1 aliphatic rings. The van der Waals surface area contributed by atoms with Crippen molar-refractivity contribution in [3.8, 4) is 5.75 Å². The third kappa shape index (κ3) is 5.25. The molecule has 162 valence electrons. The van der Waals surface area contributed by atoms with Gasteiger partial charge in [0.25, 0.3) is 0 Å². The van der Waals surface area contributed by atoms with Crippen molar-refractivity contribution in [3.63, 3.8) is 0 Å². The number of ether oxygens (including phenoxy) is 1. The Morgan fingerprint density at radius 1 is 1.30 bits per heavy atom. The molecule has 2 N–H and O–H groups in total. The van der Waals surface area contributed by atoms with E-state index in [1.165, 1.54) is 0 Å². The van der Waals surface area contributed by atoms with Gasteiger partial charge in [-0.1, -0.05) is 35.9 Å². The van der Waals surface area contributed by atoms with E-state index in [0.29, 0.717) is 30.2 Å². The molecular weight excluding hydrogens is 425 g/mol. The third-order valence-corrected chi connectivity index (χ3v) is 5.50. The van der Waals surface area contributed by atoms with Crippen molar-refractivity contribution in [1.82, 2.24) is 10.6 Å². The summed E-state index contributed by atoms with van der Waals surface area (Å²) in [6.45, 7) is 2.09. The molecule has 1 aliphatic heterocycles. The second-order valence-electron chi connectivity index (χ2n) is 7.12. The molecule has 0 saturated carbocycles. The second-order valence-corrected chi connectivity index (χ2v) is 7.56. The molecule has 0 spiro atoms. The van der Waals surface area contributed by atoms with E-state index < -0.39 is 6.04 Å². The SMILES string of the molecule is CN[C@@H](C)C(=O)N[C@H]1CCc2ccccc2N(Cc2ccc(Cl)cc2OC)C1=O.Cl. The van der Waals surface area contributed by atoms with Crippen LogP contribution < -0.4 is 20.3 Å². The summed E-state index contributed by atoms with van der Waals surface area (Å²) in [4.78, 5) is 27.6. The largest absolute Gasteiger partial charge is 0.496 e. The minimum absolute atomic E-state index is 0. The Labute approximate surface area is 188 Å². The highest BCUT2D eigenvalue weighted by molar-refractivity contribution is 6.30. The van der Waals surface area contributed by atoms with Gasteiger partial charge in [0.2, 0.25) is 11.8 Å². The molecule has 0 aromatic heterocycles. The molecule has 3 rings (SSSR count). The lowest BCUT2D eigenvalue weighted by Gasteiger charge is -2.27. The topological polar surface area (TPSA) is 70.7 Å². The Balaban J connectivity index is 0.00000320. The number of anilines is 1. The summed E-state index contributed by atoms with van der Waals surface area (Å²) >= 11 is 6.08. The first-order chi connectivity index (χ1) is 13.9. The average Bonchev–Trinajstić information content (AvgIpc) is 2.86. The fourth-order valence-corrected chi connectivity index (χ4v) is 3.62. The number of benzene rings is 2. The first kappa shape index (κ1) is 24.0. The number of amides is 2. The number of hydrogen-bond donors (Lipinski definition) is 2.